The number of rotatable bonds is 0. The maximum absolute atomic E-state index is 0. The average molecular weight is 213 g/mol. The molecule has 0 bridgehead atoms. The Morgan fingerprint density at radius 2 is 1.00 bits per heavy atom. The topological polar surface area (TPSA) is 0 Å². The van der Waals surface area contributed by atoms with E-state index in [9.17, 15) is 0 Å². The Bertz CT molecular complexity index is 11.6. The molecule has 0 saturated carbocycles. The van der Waals surface area contributed by atoms with Crippen LogP contribution < -0.4 is 0 Å². The zero-order valence-corrected chi connectivity index (χ0v) is 2.06. The van der Waals surface area contributed by atoms with E-state index in [0.717, 1.165) is 0 Å². The normalized spacial score (nSPS) is 0. The summed E-state index contributed by atoms with van der Waals surface area (Å²) in [5.74, 6) is 0. The van der Waals surface area contributed by atoms with Crippen molar-refractivity contribution in [2.45, 2.75) is 0 Å². The van der Waals surface area contributed by atoms with Gasteiger partial charge in [0.25, 0.3) is 0 Å². The largest absolute Gasteiger partial charge is 0 e. The van der Waals surface area contributed by atoms with E-state index in [1.807, 2.05) is 0 Å². The summed E-state index contributed by atoms with van der Waals surface area (Å²) in [5.41, 5.74) is 0. The van der Waals surface area contributed by atoms with Crippen molar-refractivity contribution < 1.29 is 21.7 Å². The molecule has 0 N–H and O–H groups in total. The fraction of sp³-hybridized carbons (Fsp3) is 0. The van der Waals surface area contributed by atoms with Crippen LogP contribution in [-0.2, 0) is 21.7 Å². The van der Waals surface area contributed by atoms with Gasteiger partial charge in [-0.15, -0.1) is 0 Å². The number of hydrogen-bond donors (Lipinski definition) is 0. The Kier molecular flexibility index (Phi) is 243. The first-order valence-corrected chi connectivity index (χ1v) is 0. The van der Waals surface area contributed by atoms with Gasteiger partial charge in [0.2, 0.25) is 0 Å². The van der Waals surface area contributed by atoms with Gasteiger partial charge in [0.15, 0.2) is 17.4 Å². The molecule has 0 nitrogen and oxygen atoms in total. The zero-order valence-electron chi connectivity index (χ0n) is 0.500. The second-order valence-corrected chi connectivity index (χ2v) is 0. The van der Waals surface area contributed by atoms with E-state index in [1.165, 1.54) is 0 Å². The fourth-order valence-corrected chi connectivity index (χ4v) is 0. The molecule has 0 radical (unpaired) electrons. The van der Waals surface area contributed by atoms with Crippen molar-refractivity contribution in [3.05, 3.63) is 0 Å². The second kappa shape index (κ2) is 28.0. The predicted octanol–water partition coefficient (Wildman–Crippen LogP) is -4.74. The van der Waals surface area contributed by atoms with Gasteiger partial charge in [0.1, 0.15) is 0 Å². The van der Waals surface area contributed by atoms with Gasteiger partial charge in [-0.05, 0) is 11.0 Å². The quantitative estimate of drug-likeness (QED) is 0.355. The molecule has 0 aromatic rings. The van der Waals surface area contributed by atoms with Crippen molar-refractivity contribution in [1.82, 2.24) is 0 Å². The van der Waals surface area contributed by atoms with Gasteiger partial charge in [-0.2, -0.15) is 0 Å². The summed E-state index contributed by atoms with van der Waals surface area (Å²) >= 11 is 0. The van der Waals surface area contributed by atoms with Crippen molar-refractivity contribution >= 4 is 82.2 Å². The molecule has 0 unspecified atom stereocenters. The molecule has 0 fully saturated rings. The molecule has 0 aliphatic heterocycles. The molecule has 0 aromatic heterocycles. The van der Waals surface area contributed by atoms with Crippen LogP contribution in [0.5, 0.6) is 0 Å². The van der Waals surface area contributed by atoms with Crippen molar-refractivity contribution in [1.29, 1.82) is 0 Å². The maximum Gasteiger partial charge on any atom is 0 e. The van der Waals surface area contributed by atoms with Crippen LogP contribution in [0.3, 0.4) is 0 Å². The third-order valence-corrected chi connectivity index (χ3v) is 0. The van der Waals surface area contributed by atoms with Gasteiger partial charge >= 0.3 is 45.5 Å². The van der Waals surface area contributed by atoms with E-state index < -0.39 is 0 Å². The Labute approximate surface area is 102 Å². The summed E-state index contributed by atoms with van der Waals surface area (Å²) in [6.45, 7) is 0. The van der Waals surface area contributed by atoms with E-state index in [-0.39, 0.29) is 104 Å². The van der Waals surface area contributed by atoms with Crippen LogP contribution in [0, 0.1) is 0 Å². The summed E-state index contributed by atoms with van der Waals surface area (Å²) in [7, 11) is 0. The van der Waals surface area contributed by atoms with E-state index in [0.29, 0.717) is 0 Å². The molecule has 5 heteroatoms. The van der Waals surface area contributed by atoms with E-state index >= 15 is 0 Å². The zero-order chi connectivity index (χ0) is 0. The van der Waals surface area contributed by atoms with Crippen LogP contribution in [0.15, 0.2) is 0 Å². The summed E-state index contributed by atoms with van der Waals surface area (Å²) in [5, 5.41) is 0. The molecule has 0 aliphatic rings. The Morgan fingerprint density at radius 3 is 1.00 bits per heavy atom. The van der Waals surface area contributed by atoms with E-state index in [1.54, 1.807) is 0 Å². The average Bonchev–Trinajstić information content (AvgIpc) is 0. The van der Waals surface area contributed by atoms with Crippen molar-refractivity contribution in [3.63, 3.8) is 0 Å². The molecule has 5 heavy (non-hydrogen) atoms. The molecular weight excluding hydrogens is 201 g/mol. The standard InChI is InChI=1S/Al.BH3.H4Si.Sr.Ti.5H/h;1H3;1H4;;;;;;;. The van der Waals surface area contributed by atoms with Crippen molar-refractivity contribution in [2.75, 3.05) is 0 Å². The van der Waals surface area contributed by atoms with Crippen LogP contribution in [-0.4, -0.2) is 82.2 Å². The SMILES string of the molecule is B.[AlH3].[SiH4].[SrH2].[Ti]. The monoisotopic (exact) mass is 214 g/mol. The molecule has 0 heterocycles. The molecule has 0 aliphatic carbocycles. The minimum atomic E-state index is 0. The third kappa shape index (κ3) is 19.4. The summed E-state index contributed by atoms with van der Waals surface area (Å²) in [6, 6.07) is 0. The summed E-state index contributed by atoms with van der Waals surface area (Å²) < 4.78 is 0. The van der Waals surface area contributed by atoms with Crippen LogP contribution in [0.2, 0.25) is 0 Å². The second-order valence-electron chi connectivity index (χ2n) is 0. The molecule has 0 saturated heterocycles. The minimum Gasteiger partial charge on any atom is 0 e. The van der Waals surface area contributed by atoms with Crippen LogP contribution in [0.4, 0.5) is 0 Å². The Balaban J connectivity index is 0. The van der Waals surface area contributed by atoms with Gasteiger partial charge in [-0.25, -0.2) is 0 Å². The van der Waals surface area contributed by atoms with E-state index in [4.69, 9.17) is 0 Å². The Hall–Kier alpha value is 3.01. The molecule has 0 amide bonds. The predicted molar refractivity (Wildman–Crippen MR) is 39.8 cm³/mol. The first-order chi connectivity index (χ1) is 0. The van der Waals surface area contributed by atoms with Crippen molar-refractivity contribution in [2.24, 2.45) is 0 Å². The molecule has 0 rings (SSSR count). The smallest absolute Gasteiger partial charge is 0 e. The maximum atomic E-state index is 0. The summed E-state index contributed by atoms with van der Waals surface area (Å²) in [4.78, 5) is 0. The van der Waals surface area contributed by atoms with Crippen LogP contribution in [0.1, 0.15) is 0 Å². The molecule has 0 spiro atoms. The van der Waals surface area contributed by atoms with Gasteiger partial charge in [-0.3, -0.25) is 0 Å². The Morgan fingerprint density at radius 1 is 1.00 bits per heavy atom. The van der Waals surface area contributed by atoms with Crippen LogP contribution in [0.25, 0.3) is 0 Å². The molecule has 0 atom stereocenters. The van der Waals surface area contributed by atoms with Crippen molar-refractivity contribution in [3.8, 4) is 0 Å². The first kappa shape index (κ1) is 43.5. The third-order valence-electron chi connectivity index (χ3n) is 0. The minimum absolute atomic E-state index is 0. The first-order valence-electron chi connectivity index (χ1n) is 0. The van der Waals surface area contributed by atoms with Gasteiger partial charge in [-0.1, -0.05) is 0 Å². The van der Waals surface area contributed by atoms with Gasteiger partial charge in [0.05, 0.1) is 8.41 Å². The van der Waals surface area contributed by atoms with Gasteiger partial charge < -0.3 is 0 Å². The number of hydrogen-bond acceptors (Lipinski definition) is 0. The summed E-state index contributed by atoms with van der Waals surface area (Å²) in [6.07, 6.45) is 0. The van der Waals surface area contributed by atoms with E-state index in [2.05, 4.69) is 0 Å². The fourth-order valence-electron chi connectivity index (χ4n) is 0. The molecular formula is H12AlBSiSrTi. The van der Waals surface area contributed by atoms with Gasteiger partial charge in [0, 0.05) is 21.7 Å². The molecule has 0 aromatic carbocycles. The van der Waals surface area contributed by atoms with Crippen LogP contribution >= 0.6 is 0 Å². The molecule has 28 valence electrons.